The van der Waals surface area contributed by atoms with Crippen LogP contribution in [0.3, 0.4) is 0 Å². The number of ether oxygens (including phenoxy) is 1. The molecule has 1 aromatic carbocycles. The minimum absolute atomic E-state index is 0.168. The van der Waals surface area contributed by atoms with Gasteiger partial charge in [-0.05, 0) is 55.7 Å². The van der Waals surface area contributed by atoms with Crippen LogP contribution in [0.4, 0.5) is 0 Å². The number of aryl methyl sites for hydroxylation is 2. The second-order valence-electron chi connectivity index (χ2n) is 6.23. The summed E-state index contributed by atoms with van der Waals surface area (Å²) in [7, 11) is 1.69. The standard InChI is InChI=1S/C17H22O3/c1-20-15-10-13-6-4-2-3-5-12(13)9-14(15)17(7-8-17)11-16(18)19/h9-10H,2-8,11H2,1H3,(H,18,19). The predicted octanol–water partition coefficient (Wildman–Crippen LogP) is 3.47. The first-order chi connectivity index (χ1) is 9.64. The quantitative estimate of drug-likeness (QED) is 0.855. The van der Waals surface area contributed by atoms with Crippen LogP contribution in [0.15, 0.2) is 12.1 Å². The highest BCUT2D eigenvalue weighted by atomic mass is 16.5. The molecule has 0 bridgehead atoms. The van der Waals surface area contributed by atoms with Crippen molar-refractivity contribution in [1.82, 2.24) is 0 Å². The minimum atomic E-state index is -0.709. The maximum Gasteiger partial charge on any atom is 0.304 e. The van der Waals surface area contributed by atoms with Crippen LogP contribution >= 0.6 is 0 Å². The molecular weight excluding hydrogens is 252 g/mol. The summed E-state index contributed by atoms with van der Waals surface area (Å²) in [6, 6.07) is 4.41. The molecule has 1 fully saturated rings. The molecule has 0 heterocycles. The molecule has 20 heavy (non-hydrogen) atoms. The maximum absolute atomic E-state index is 11.1. The van der Waals surface area contributed by atoms with Gasteiger partial charge in [-0.2, -0.15) is 0 Å². The van der Waals surface area contributed by atoms with E-state index in [4.69, 9.17) is 9.84 Å². The first kappa shape index (κ1) is 13.5. The zero-order valence-corrected chi connectivity index (χ0v) is 12.1. The van der Waals surface area contributed by atoms with Crippen LogP contribution in [-0.2, 0) is 23.1 Å². The zero-order valence-electron chi connectivity index (χ0n) is 12.1. The van der Waals surface area contributed by atoms with Gasteiger partial charge in [0.2, 0.25) is 0 Å². The van der Waals surface area contributed by atoms with E-state index in [9.17, 15) is 4.79 Å². The molecular formula is C17H22O3. The molecule has 0 atom stereocenters. The van der Waals surface area contributed by atoms with Crippen molar-refractivity contribution in [3.8, 4) is 5.75 Å². The van der Waals surface area contributed by atoms with E-state index >= 15 is 0 Å². The molecule has 0 aromatic heterocycles. The molecule has 2 aliphatic rings. The van der Waals surface area contributed by atoms with Crippen LogP contribution in [0.1, 0.15) is 55.2 Å². The van der Waals surface area contributed by atoms with Gasteiger partial charge in [0, 0.05) is 11.0 Å². The molecule has 108 valence electrons. The van der Waals surface area contributed by atoms with E-state index in [2.05, 4.69) is 12.1 Å². The number of aliphatic carboxylic acids is 1. The molecule has 3 heteroatoms. The van der Waals surface area contributed by atoms with Gasteiger partial charge in [0.1, 0.15) is 5.75 Å². The van der Waals surface area contributed by atoms with Gasteiger partial charge in [-0.25, -0.2) is 0 Å². The van der Waals surface area contributed by atoms with Crippen molar-refractivity contribution in [3.05, 3.63) is 28.8 Å². The SMILES string of the molecule is COc1cc2c(cc1C1(CC(=O)O)CC1)CCCCC2. The van der Waals surface area contributed by atoms with E-state index < -0.39 is 5.97 Å². The number of rotatable bonds is 4. The Morgan fingerprint density at radius 1 is 1.20 bits per heavy atom. The molecule has 1 saturated carbocycles. The van der Waals surface area contributed by atoms with Gasteiger partial charge < -0.3 is 9.84 Å². The van der Waals surface area contributed by atoms with Crippen LogP contribution in [0, 0.1) is 0 Å². The molecule has 3 rings (SSSR count). The molecule has 0 amide bonds. The molecule has 0 aliphatic heterocycles. The number of carboxylic acid groups (broad SMARTS) is 1. The van der Waals surface area contributed by atoms with Crippen LogP contribution in [-0.4, -0.2) is 18.2 Å². The number of methoxy groups -OCH3 is 1. The molecule has 0 radical (unpaired) electrons. The van der Waals surface area contributed by atoms with E-state index in [1.54, 1.807) is 7.11 Å². The maximum atomic E-state index is 11.1. The number of carboxylic acids is 1. The van der Waals surface area contributed by atoms with Crippen molar-refractivity contribution in [1.29, 1.82) is 0 Å². The first-order valence-corrected chi connectivity index (χ1v) is 7.57. The lowest BCUT2D eigenvalue weighted by molar-refractivity contribution is -0.137. The third-order valence-corrected chi connectivity index (χ3v) is 4.83. The largest absolute Gasteiger partial charge is 0.496 e. The van der Waals surface area contributed by atoms with E-state index in [1.165, 1.54) is 30.4 Å². The van der Waals surface area contributed by atoms with Crippen molar-refractivity contribution in [2.75, 3.05) is 7.11 Å². The van der Waals surface area contributed by atoms with Gasteiger partial charge >= 0.3 is 5.97 Å². The van der Waals surface area contributed by atoms with Gasteiger partial charge in [0.25, 0.3) is 0 Å². The molecule has 2 aliphatic carbocycles. The molecule has 1 N–H and O–H groups in total. The van der Waals surface area contributed by atoms with Crippen molar-refractivity contribution < 1.29 is 14.6 Å². The van der Waals surface area contributed by atoms with Gasteiger partial charge in [-0.15, -0.1) is 0 Å². The monoisotopic (exact) mass is 274 g/mol. The van der Waals surface area contributed by atoms with Crippen molar-refractivity contribution >= 4 is 5.97 Å². The summed E-state index contributed by atoms with van der Waals surface area (Å²) in [4.78, 5) is 11.1. The number of hydrogen-bond acceptors (Lipinski definition) is 2. The third kappa shape index (κ3) is 2.41. The van der Waals surface area contributed by atoms with E-state index in [1.807, 2.05) is 0 Å². The third-order valence-electron chi connectivity index (χ3n) is 4.83. The zero-order chi connectivity index (χ0) is 14.2. The van der Waals surface area contributed by atoms with E-state index in [0.717, 1.165) is 37.0 Å². The van der Waals surface area contributed by atoms with Gasteiger partial charge in [0.05, 0.1) is 13.5 Å². The van der Waals surface area contributed by atoms with Crippen molar-refractivity contribution in [2.24, 2.45) is 0 Å². The molecule has 1 aromatic rings. The smallest absolute Gasteiger partial charge is 0.304 e. The van der Waals surface area contributed by atoms with Crippen LogP contribution in [0.2, 0.25) is 0 Å². The topological polar surface area (TPSA) is 46.5 Å². The first-order valence-electron chi connectivity index (χ1n) is 7.57. The molecule has 0 spiro atoms. The summed E-state index contributed by atoms with van der Waals surface area (Å²) < 4.78 is 5.57. The Morgan fingerprint density at radius 2 is 1.85 bits per heavy atom. The second kappa shape index (κ2) is 5.12. The fourth-order valence-corrected chi connectivity index (χ4v) is 3.50. The fourth-order valence-electron chi connectivity index (χ4n) is 3.50. The number of fused-ring (bicyclic) bond motifs is 1. The van der Waals surface area contributed by atoms with Crippen LogP contribution in [0.25, 0.3) is 0 Å². The summed E-state index contributed by atoms with van der Waals surface area (Å²) in [5.41, 5.74) is 3.77. The summed E-state index contributed by atoms with van der Waals surface area (Å²) in [5.74, 6) is 0.184. The number of benzene rings is 1. The van der Waals surface area contributed by atoms with Gasteiger partial charge in [0.15, 0.2) is 0 Å². The number of hydrogen-bond donors (Lipinski definition) is 1. The minimum Gasteiger partial charge on any atom is -0.496 e. The summed E-state index contributed by atoms with van der Waals surface area (Å²) in [6.07, 6.45) is 8.17. The Hall–Kier alpha value is -1.51. The number of carbonyl (C=O) groups is 1. The average Bonchev–Trinajstić information content (AvgIpc) is 3.20. The molecule has 0 saturated heterocycles. The summed E-state index contributed by atoms with van der Waals surface area (Å²) in [6.45, 7) is 0. The second-order valence-corrected chi connectivity index (χ2v) is 6.23. The highest BCUT2D eigenvalue weighted by Gasteiger charge is 2.48. The van der Waals surface area contributed by atoms with E-state index in [-0.39, 0.29) is 11.8 Å². The van der Waals surface area contributed by atoms with Crippen LogP contribution in [0.5, 0.6) is 5.75 Å². The Bertz CT molecular complexity index is 529. The average molecular weight is 274 g/mol. The molecule has 0 unspecified atom stereocenters. The van der Waals surface area contributed by atoms with Crippen LogP contribution < -0.4 is 4.74 Å². The highest BCUT2D eigenvalue weighted by Crippen LogP contribution is 2.54. The van der Waals surface area contributed by atoms with Crippen molar-refractivity contribution in [2.45, 2.75) is 56.8 Å². The molecule has 3 nitrogen and oxygen atoms in total. The van der Waals surface area contributed by atoms with Gasteiger partial charge in [-0.1, -0.05) is 12.5 Å². The van der Waals surface area contributed by atoms with E-state index in [0.29, 0.717) is 0 Å². The lowest BCUT2D eigenvalue weighted by Gasteiger charge is -2.20. The lowest BCUT2D eigenvalue weighted by Crippen LogP contribution is -2.15. The predicted molar refractivity (Wildman–Crippen MR) is 77.4 cm³/mol. The Kier molecular flexibility index (Phi) is 3.45. The fraction of sp³-hybridized carbons (Fsp3) is 0.588. The van der Waals surface area contributed by atoms with Crippen molar-refractivity contribution in [3.63, 3.8) is 0 Å². The summed E-state index contributed by atoms with van der Waals surface area (Å²) in [5, 5.41) is 9.16. The van der Waals surface area contributed by atoms with Gasteiger partial charge in [-0.3, -0.25) is 4.79 Å². The lowest BCUT2D eigenvalue weighted by atomic mass is 9.87. The Morgan fingerprint density at radius 3 is 2.40 bits per heavy atom. The Labute approximate surface area is 120 Å². The summed E-state index contributed by atoms with van der Waals surface area (Å²) >= 11 is 0. The highest BCUT2D eigenvalue weighted by molar-refractivity contribution is 5.71. The Balaban J connectivity index is 2.02. The normalized spacial score (nSPS) is 19.9.